The van der Waals surface area contributed by atoms with Crippen LogP contribution in [0.25, 0.3) is 0 Å². The zero-order valence-electron chi connectivity index (χ0n) is 14.9. The molecule has 0 saturated carbocycles. The van der Waals surface area contributed by atoms with Crippen LogP contribution in [0.15, 0.2) is 30.5 Å². The summed E-state index contributed by atoms with van der Waals surface area (Å²) in [7, 11) is 0. The van der Waals surface area contributed by atoms with Crippen molar-refractivity contribution in [1.82, 2.24) is 15.1 Å². The van der Waals surface area contributed by atoms with Gasteiger partial charge >= 0.3 is 6.09 Å². The number of carbonyl (C=O) groups excluding carboxylic acids is 1. The molecule has 6 heteroatoms. The van der Waals surface area contributed by atoms with E-state index >= 15 is 0 Å². The molecule has 1 fully saturated rings. The molecule has 5 nitrogen and oxygen atoms in total. The highest BCUT2D eigenvalue weighted by atomic mass is 35.5. The molecule has 1 aliphatic heterocycles. The number of hydrogen-bond donors (Lipinski definition) is 1. The fourth-order valence-electron chi connectivity index (χ4n) is 3.18. The number of ether oxygens (including phenoxy) is 1. The molecule has 1 N–H and O–H groups in total. The van der Waals surface area contributed by atoms with E-state index in [1.54, 1.807) is 0 Å². The van der Waals surface area contributed by atoms with E-state index < -0.39 is 5.60 Å². The Labute approximate surface area is 153 Å². The van der Waals surface area contributed by atoms with Crippen molar-refractivity contribution in [2.45, 2.75) is 51.7 Å². The average molecular weight is 362 g/mol. The van der Waals surface area contributed by atoms with E-state index in [-0.39, 0.29) is 12.1 Å². The minimum atomic E-state index is -0.496. The summed E-state index contributed by atoms with van der Waals surface area (Å²) in [6.07, 6.45) is 4.21. The summed E-state index contributed by atoms with van der Waals surface area (Å²) < 4.78 is 5.56. The Kier molecular flexibility index (Phi) is 5.04. The van der Waals surface area contributed by atoms with Crippen LogP contribution >= 0.6 is 11.6 Å². The number of rotatable bonds is 3. The van der Waals surface area contributed by atoms with E-state index in [0.29, 0.717) is 6.54 Å². The summed E-state index contributed by atoms with van der Waals surface area (Å²) in [6.45, 7) is 6.37. The maximum atomic E-state index is 12.5. The number of nitrogens with zero attached hydrogens (tertiary/aromatic N) is 2. The number of amides is 1. The standard InChI is InChI=1S/C19H24ClN3O2/c1-19(2,3)25-18(24)23-10-4-5-16(23)17-14(12-21-22-17)11-13-6-8-15(20)9-7-13/h6-9,12,16H,4-5,10-11H2,1-3H3,(H,21,22)/t16-/m0/s1. The maximum Gasteiger partial charge on any atom is 0.410 e. The largest absolute Gasteiger partial charge is 0.444 e. The summed E-state index contributed by atoms with van der Waals surface area (Å²) in [5.41, 5.74) is 2.76. The first-order chi connectivity index (χ1) is 11.8. The minimum absolute atomic E-state index is 0.0142. The predicted molar refractivity (Wildman–Crippen MR) is 97.8 cm³/mol. The van der Waals surface area contributed by atoms with Crippen LogP contribution in [0.2, 0.25) is 5.02 Å². The van der Waals surface area contributed by atoms with E-state index in [0.717, 1.165) is 41.1 Å². The van der Waals surface area contributed by atoms with Crippen LogP contribution < -0.4 is 0 Å². The molecule has 0 spiro atoms. The van der Waals surface area contributed by atoms with Crippen LogP contribution in [0.3, 0.4) is 0 Å². The van der Waals surface area contributed by atoms with E-state index in [4.69, 9.17) is 16.3 Å². The first-order valence-corrected chi connectivity index (χ1v) is 8.97. The molecule has 1 aromatic heterocycles. The van der Waals surface area contributed by atoms with E-state index in [1.165, 1.54) is 0 Å². The van der Waals surface area contributed by atoms with Gasteiger partial charge in [0, 0.05) is 18.0 Å². The molecule has 1 aromatic carbocycles. The molecular formula is C19H24ClN3O2. The molecule has 25 heavy (non-hydrogen) atoms. The molecule has 0 radical (unpaired) electrons. The van der Waals surface area contributed by atoms with Crippen molar-refractivity contribution in [3.63, 3.8) is 0 Å². The second kappa shape index (κ2) is 7.08. The van der Waals surface area contributed by atoms with Crippen LogP contribution in [0.4, 0.5) is 4.79 Å². The first-order valence-electron chi connectivity index (χ1n) is 8.60. The minimum Gasteiger partial charge on any atom is -0.444 e. The zero-order valence-corrected chi connectivity index (χ0v) is 15.6. The molecule has 3 rings (SSSR count). The van der Waals surface area contributed by atoms with Gasteiger partial charge in [0.2, 0.25) is 0 Å². The number of aromatic amines is 1. The van der Waals surface area contributed by atoms with Crippen molar-refractivity contribution in [3.8, 4) is 0 Å². The number of halogens is 1. The van der Waals surface area contributed by atoms with Gasteiger partial charge in [-0.15, -0.1) is 0 Å². The van der Waals surface area contributed by atoms with Crippen LogP contribution in [0.5, 0.6) is 0 Å². The monoisotopic (exact) mass is 361 g/mol. The van der Waals surface area contributed by atoms with E-state index in [9.17, 15) is 4.79 Å². The van der Waals surface area contributed by atoms with Gasteiger partial charge in [-0.3, -0.25) is 10.00 Å². The lowest BCUT2D eigenvalue weighted by molar-refractivity contribution is 0.0221. The first kappa shape index (κ1) is 17.8. The second-order valence-electron chi connectivity index (χ2n) is 7.44. The summed E-state index contributed by atoms with van der Waals surface area (Å²) in [6, 6.07) is 7.79. The Hall–Kier alpha value is -2.01. The molecule has 0 aliphatic carbocycles. The van der Waals surface area contributed by atoms with Crippen LogP contribution in [0, 0.1) is 0 Å². The topological polar surface area (TPSA) is 58.2 Å². The van der Waals surface area contributed by atoms with Crippen molar-refractivity contribution in [1.29, 1.82) is 0 Å². The van der Waals surface area contributed by atoms with Crippen molar-refractivity contribution in [3.05, 3.63) is 52.3 Å². The molecule has 0 unspecified atom stereocenters. The number of carbonyl (C=O) groups is 1. The second-order valence-corrected chi connectivity index (χ2v) is 7.88. The van der Waals surface area contributed by atoms with Crippen molar-refractivity contribution < 1.29 is 9.53 Å². The van der Waals surface area contributed by atoms with Crippen LogP contribution in [0.1, 0.15) is 56.5 Å². The van der Waals surface area contributed by atoms with Gasteiger partial charge in [0.15, 0.2) is 0 Å². The maximum absolute atomic E-state index is 12.5. The highest BCUT2D eigenvalue weighted by Gasteiger charge is 2.35. The molecule has 1 atom stereocenters. The summed E-state index contributed by atoms with van der Waals surface area (Å²) in [5.74, 6) is 0. The SMILES string of the molecule is CC(C)(C)OC(=O)N1CCC[C@H]1c1[nH]ncc1Cc1ccc(Cl)cc1. The quantitative estimate of drug-likeness (QED) is 0.860. The third-order valence-electron chi connectivity index (χ3n) is 4.27. The molecule has 1 amide bonds. The van der Waals surface area contributed by atoms with Gasteiger partial charge in [0.25, 0.3) is 0 Å². The summed E-state index contributed by atoms with van der Waals surface area (Å²) >= 11 is 5.96. The summed E-state index contributed by atoms with van der Waals surface area (Å²) in [4.78, 5) is 14.3. The summed E-state index contributed by atoms with van der Waals surface area (Å²) in [5, 5.41) is 8.05. The zero-order chi connectivity index (χ0) is 18.0. The van der Waals surface area contributed by atoms with Crippen molar-refractivity contribution in [2.75, 3.05) is 6.54 Å². The van der Waals surface area contributed by atoms with Gasteiger partial charge in [-0.25, -0.2) is 4.79 Å². The number of aromatic nitrogens is 2. The lowest BCUT2D eigenvalue weighted by Crippen LogP contribution is -2.36. The Bertz CT molecular complexity index is 734. The fraction of sp³-hybridized carbons (Fsp3) is 0.474. The highest BCUT2D eigenvalue weighted by molar-refractivity contribution is 6.30. The lowest BCUT2D eigenvalue weighted by Gasteiger charge is -2.28. The lowest BCUT2D eigenvalue weighted by atomic mass is 10.0. The molecule has 134 valence electrons. The Morgan fingerprint density at radius 3 is 2.76 bits per heavy atom. The third kappa shape index (κ3) is 4.34. The van der Waals surface area contributed by atoms with Gasteiger partial charge in [-0.05, 0) is 56.9 Å². The van der Waals surface area contributed by atoms with Gasteiger partial charge in [-0.2, -0.15) is 5.10 Å². The number of likely N-dealkylation sites (tertiary alicyclic amines) is 1. The third-order valence-corrected chi connectivity index (χ3v) is 4.53. The van der Waals surface area contributed by atoms with E-state index in [1.807, 2.05) is 56.1 Å². The average Bonchev–Trinajstić information content (AvgIpc) is 3.16. The number of H-pyrrole nitrogens is 1. The molecule has 2 heterocycles. The van der Waals surface area contributed by atoms with Crippen LogP contribution in [-0.2, 0) is 11.2 Å². The smallest absolute Gasteiger partial charge is 0.410 e. The number of benzene rings is 1. The molecule has 0 bridgehead atoms. The fourth-order valence-corrected chi connectivity index (χ4v) is 3.30. The number of nitrogens with one attached hydrogen (secondary N) is 1. The molecule has 1 aliphatic rings. The van der Waals surface area contributed by atoms with Crippen LogP contribution in [-0.4, -0.2) is 33.3 Å². The molecule has 1 saturated heterocycles. The van der Waals surface area contributed by atoms with Gasteiger partial charge in [0.05, 0.1) is 17.9 Å². The number of hydrogen-bond acceptors (Lipinski definition) is 3. The van der Waals surface area contributed by atoms with Crippen molar-refractivity contribution >= 4 is 17.7 Å². The van der Waals surface area contributed by atoms with Gasteiger partial charge < -0.3 is 4.74 Å². The highest BCUT2D eigenvalue weighted by Crippen LogP contribution is 2.34. The van der Waals surface area contributed by atoms with Gasteiger partial charge in [0.1, 0.15) is 5.60 Å². The van der Waals surface area contributed by atoms with Crippen molar-refractivity contribution in [2.24, 2.45) is 0 Å². The van der Waals surface area contributed by atoms with Gasteiger partial charge in [-0.1, -0.05) is 23.7 Å². The Morgan fingerprint density at radius 2 is 2.08 bits per heavy atom. The molecule has 2 aromatic rings. The Morgan fingerprint density at radius 1 is 1.36 bits per heavy atom. The Balaban J connectivity index is 1.78. The van der Waals surface area contributed by atoms with E-state index in [2.05, 4.69) is 10.2 Å². The molecular weight excluding hydrogens is 338 g/mol. The predicted octanol–water partition coefficient (Wildman–Crippen LogP) is 4.73. The normalized spacial score (nSPS) is 17.8.